The van der Waals surface area contributed by atoms with E-state index in [4.69, 9.17) is 37.0 Å². The van der Waals surface area contributed by atoms with Gasteiger partial charge in [0, 0.05) is 25.7 Å². The number of unbranched alkanes of at least 4 members (excludes halogenated alkanes) is 52. The van der Waals surface area contributed by atoms with E-state index >= 15 is 0 Å². The number of hydrogen-bond acceptors (Lipinski definition) is 15. The van der Waals surface area contributed by atoms with Gasteiger partial charge in [0.25, 0.3) is 0 Å². The molecule has 19 heteroatoms. The Balaban J connectivity index is 5.20. The molecule has 2 unspecified atom stereocenters. The highest BCUT2D eigenvalue weighted by Crippen LogP contribution is 2.45. The number of esters is 4. The smallest absolute Gasteiger partial charge is 0.462 e. The molecule has 0 spiro atoms. The van der Waals surface area contributed by atoms with Gasteiger partial charge in [0.05, 0.1) is 26.4 Å². The summed E-state index contributed by atoms with van der Waals surface area (Å²) in [5.74, 6) is -1.40. The SMILES string of the molecule is CCCCCCCCCCCCCCCCCCCCCC(=O)OC[C@H](COP(=O)(O)OC[C@@H](O)COP(=O)(O)OC[C@@H](COC(=O)CCCCCCCCCC(C)C)OC(=O)CCCCCCCCCCCCC)OC(=O)CCCCCCCCCCCCCCCCCCCCC. The standard InChI is InChI=1S/C80H156O17P2/c1-6-9-12-15-18-21-24-26-28-30-32-34-36-38-41-43-48-53-58-63-77(82)90-69-75(96-80(85)66-61-56-50-45-42-39-37-35-33-31-29-27-25-22-19-16-13-10-7-2)71-94-98(86,87)92-67-74(81)68-93-99(88,89)95-72-76(70-91-78(83)64-59-54-51-46-47-52-57-62-73(4)5)97-79(84)65-60-55-49-44-40-23-20-17-14-11-8-3/h73-76,81H,6-72H2,1-5H3,(H,86,87)(H,88,89)/t74-,75-,76-/m1/s1. The Morgan fingerprint density at radius 1 is 0.273 bits per heavy atom. The maximum atomic E-state index is 13.1. The van der Waals surface area contributed by atoms with Crippen molar-refractivity contribution in [3.63, 3.8) is 0 Å². The van der Waals surface area contributed by atoms with Crippen molar-refractivity contribution in [2.75, 3.05) is 39.6 Å². The van der Waals surface area contributed by atoms with Crippen molar-refractivity contribution in [2.45, 2.75) is 445 Å². The first-order valence-electron chi connectivity index (χ1n) is 41.6. The fraction of sp³-hybridized carbons (Fsp3) is 0.950. The molecule has 99 heavy (non-hydrogen) atoms. The van der Waals surface area contributed by atoms with E-state index in [0.29, 0.717) is 31.6 Å². The number of carbonyl (C=O) groups is 4. The molecule has 0 aliphatic heterocycles. The molecule has 0 fully saturated rings. The number of phosphoric ester groups is 2. The van der Waals surface area contributed by atoms with Gasteiger partial charge in [-0.3, -0.25) is 37.3 Å². The first kappa shape index (κ1) is 97.1. The van der Waals surface area contributed by atoms with Crippen LogP contribution in [-0.2, 0) is 65.4 Å². The molecule has 0 rings (SSSR count). The normalized spacial score (nSPS) is 13.9. The monoisotopic (exact) mass is 1450 g/mol. The van der Waals surface area contributed by atoms with Crippen LogP contribution in [0.3, 0.4) is 0 Å². The van der Waals surface area contributed by atoms with Crippen LogP contribution in [0.15, 0.2) is 0 Å². The van der Waals surface area contributed by atoms with Crippen LogP contribution in [0.4, 0.5) is 0 Å². The van der Waals surface area contributed by atoms with E-state index in [1.807, 2.05) is 0 Å². The van der Waals surface area contributed by atoms with Gasteiger partial charge in [-0.2, -0.15) is 0 Å². The topological polar surface area (TPSA) is 237 Å². The molecular weight excluding hydrogens is 1290 g/mol. The number of ether oxygens (including phenoxy) is 4. The zero-order valence-corrected chi connectivity index (χ0v) is 66.4. The van der Waals surface area contributed by atoms with Gasteiger partial charge in [0.2, 0.25) is 0 Å². The lowest BCUT2D eigenvalue weighted by atomic mass is 10.0. The van der Waals surface area contributed by atoms with Crippen LogP contribution in [0, 0.1) is 5.92 Å². The van der Waals surface area contributed by atoms with Crippen LogP contribution < -0.4 is 0 Å². The highest BCUT2D eigenvalue weighted by Gasteiger charge is 2.30. The molecule has 588 valence electrons. The molecule has 0 saturated carbocycles. The minimum atomic E-state index is -4.96. The van der Waals surface area contributed by atoms with Crippen molar-refractivity contribution in [2.24, 2.45) is 5.92 Å². The van der Waals surface area contributed by atoms with E-state index in [9.17, 15) is 43.2 Å². The van der Waals surface area contributed by atoms with Gasteiger partial charge < -0.3 is 33.8 Å². The first-order chi connectivity index (χ1) is 48.0. The summed E-state index contributed by atoms with van der Waals surface area (Å²) in [5, 5.41) is 10.6. The highest BCUT2D eigenvalue weighted by molar-refractivity contribution is 7.47. The van der Waals surface area contributed by atoms with Crippen LogP contribution in [0.25, 0.3) is 0 Å². The first-order valence-corrected chi connectivity index (χ1v) is 44.6. The lowest BCUT2D eigenvalue weighted by Gasteiger charge is -2.21. The van der Waals surface area contributed by atoms with Crippen LogP contribution in [-0.4, -0.2) is 96.7 Å². The van der Waals surface area contributed by atoms with Crippen LogP contribution in [0.5, 0.6) is 0 Å². The second kappa shape index (κ2) is 73.0. The third-order valence-corrected chi connectivity index (χ3v) is 20.7. The Hall–Kier alpha value is -1.94. The third kappa shape index (κ3) is 74.1. The summed E-state index contributed by atoms with van der Waals surface area (Å²) >= 11 is 0. The number of aliphatic hydroxyl groups is 1. The molecule has 0 amide bonds. The Kier molecular flexibility index (Phi) is 71.6. The summed E-state index contributed by atoms with van der Waals surface area (Å²) in [5.41, 5.74) is 0. The summed E-state index contributed by atoms with van der Waals surface area (Å²) in [6.07, 6.45) is 64.0. The molecule has 0 aromatic heterocycles. The van der Waals surface area contributed by atoms with Crippen molar-refractivity contribution in [1.29, 1.82) is 0 Å². The molecule has 5 atom stereocenters. The molecule has 0 aromatic carbocycles. The molecule has 0 aromatic rings. The molecule has 0 heterocycles. The number of aliphatic hydroxyl groups excluding tert-OH is 1. The summed E-state index contributed by atoms with van der Waals surface area (Å²) in [7, 11) is -9.91. The van der Waals surface area contributed by atoms with E-state index in [0.717, 1.165) is 96.3 Å². The van der Waals surface area contributed by atoms with Crippen LogP contribution >= 0.6 is 15.6 Å². The molecule has 0 aliphatic carbocycles. The average Bonchev–Trinajstić information content (AvgIpc) is 1.01. The van der Waals surface area contributed by atoms with Crippen molar-refractivity contribution in [3.05, 3.63) is 0 Å². The number of phosphoric acid groups is 2. The van der Waals surface area contributed by atoms with E-state index in [-0.39, 0.29) is 25.7 Å². The molecule has 3 N–H and O–H groups in total. The van der Waals surface area contributed by atoms with Gasteiger partial charge >= 0.3 is 39.5 Å². The predicted octanol–water partition coefficient (Wildman–Crippen LogP) is 24.0. The van der Waals surface area contributed by atoms with Crippen molar-refractivity contribution >= 4 is 39.5 Å². The fourth-order valence-electron chi connectivity index (χ4n) is 12.4. The summed E-state index contributed by atoms with van der Waals surface area (Å²) in [6.45, 7) is 7.26. The van der Waals surface area contributed by atoms with Crippen LogP contribution in [0.2, 0.25) is 0 Å². The second-order valence-electron chi connectivity index (χ2n) is 29.3. The lowest BCUT2D eigenvalue weighted by molar-refractivity contribution is -0.161. The molecule has 0 saturated heterocycles. The summed E-state index contributed by atoms with van der Waals surface area (Å²) in [6, 6.07) is 0. The van der Waals surface area contributed by atoms with Gasteiger partial charge in [0.1, 0.15) is 19.3 Å². The van der Waals surface area contributed by atoms with Crippen molar-refractivity contribution in [3.8, 4) is 0 Å². The van der Waals surface area contributed by atoms with E-state index in [1.54, 1.807) is 0 Å². The minimum absolute atomic E-state index is 0.107. The van der Waals surface area contributed by atoms with Gasteiger partial charge in [-0.1, -0.05) is 375 Å². The number of carbonyl (C=O) groups excluding carboxylic acids is 4. The van der Waals surface area contributed by atoms with Crippen LogP contribution in [0.1, 0.15) is 426 Å². The molecule has 0 radical (unpaired) electrons. The zero-order chi connectivity index (χ0) is 72.7. The Morgan fingerprint density at radius 2 is 0.465 bits per heavy atom. The van der Waals surface area contributed by atoms with Gasteiger partial charge in [-0.15, -0.1) is 0 Å². The molecule has 0 bridgehead atoms. The quantitative estimate of drug-likeness (QED) is 0.0222. The van der Waals surface area contributed by atoms with Gasteiger partial charge in [-0.05, 0) is 31.6 Å². The maximum Gasteiger partial charge on any atom is 0.472 e. The van der Waals surface area contributed by atoms with E-state index in [2.05, 4.69) is 34.6 Å². The third-order valence-electron chi connectivity index (χ3n) is 18.8. The summed E-state index contributed by atoms with van der Waals surface area (Å²) < 4.78 is 68.6. The molecular formula is C80H156O17P2. The van der Waals surface area contributed by atoms with E-state index < -0.39 is 97.5 Å². The Morgan fingerprint density at radius 3 is 0.687 bits per heavy atom. The van der Waals surface area contributed by atoms with Gasteiger partial charge in [-0.25, -0.2) is 9.13 Å². The fourth-order valence-corrected chi connectivity index (χ4v) is 14.0. The van der Waals surface area contributed by atoms with Gasteiger partial charge in [0.15, 0.2) is 12.2 Å². The zero-order valence-electron chi connectivity index (χ0n) is 64.6. The largest absolute Gasteiger partial charge is 0.472 e. The lowest BCUT2D eigenvalue weighted by Crippen LogP contribution is -2.30. The minimum Gasteiger partial charge on any atom is -0.462 e. The maximum absolute atomic E-state index is 13.1. The highest BCUT2D eigenvalue weighted by atomic mass is 31.2. The Bertz CT molecular complexity index is 1890. The summed E-state index contributed by atoms with van der Waals surface area (Å²) in [4.78, 5) is 72.9. The molecule has 0 aliphatic rings. The predicted molar refractivity (Wildman–Crippen MR) is 405 cm³/mol. The second-order valence-corrected chi connectivity index (χ2v) is 32.2. The average molecular weight is 1450 g/mol. The molecule has 17 nitrogen and oxygen atoms in total. The number of rotatable bonds is 80. The Labute approximate surface area is 607 Å². The number of hydrogen-bond donors (Lipinski definition) is 3. The van der Waals surface area contributed by atoms with Crippen molar-refractivity contribution in [1.82, 2.24) is 0 Å². The van der Waals surface area contributed by atoms with E-state index in [1.165, 1.54) is 244 Å². The van der Waals surface area contributed by atoms with Crippen molar-refractivity contribution < 1.29 is 80.2 Å².